The Morgan fingerprint density at radius 1 is 1.10 bits per heavy atom. The molecule has 3 nitrogen and oxygen atoms in total. The number of pyridine rings is 1. The molecule has 2 atom stereocenters. The topological polar surface area (TPSA) is 48.1 Å². The van der Waals surface area contributed by atoms with Crippen LogP contribution >= 0.6 is 24.8 Å². The van der Waals surface area contributed by atoms with Gasteiger partial charge >= 0.3 is 0 Å². The van der Waals surface area contributed by atoms with Crippen LogP contribution in [0.2, 0.25) is 0 Å². The Balaban J connectivity index is 0.00000110. The first-order valence-electron chi connectivity index (χ1n) is 6.32. The van der Waals surface area contributed by atoms with E-state index in [0.717, 1.165) is 23.1 Å². The summed E-state index contributed by atoms with van der Waals surface area (Å²) < 4.78 is 18.6. The average molecular weight is 331 g/mol. The van der Waals surface area contributed by atoms with Gasteiger partial charge in [0.05, 0.1) is 6.10 Å². The van der Waals surface area contributed by atoms with Gasteiger partial charge in [0.1, 0.15) is 5.82 Å². The summed E-state index contributed by atoms with van der Waals surface area (Å²) in [5.74, 6) is -0.242. The lowest BCUT2D eigenvalue weighted by Crippen LogP contribution is -2.23. The van der Waals surface area contributed by atoms with Crippen LogP contribution < -0.4 is 5.73 Å². The Morgan fingerprint density at radius 2 is 1.81 bits per heavy atom. The third kappa shape index (κ3) is 3.92. The smallest absolute Gasteiger partial charge is 0.123 e. The minimum absolute atomic E-state index is 0. The van der Waals surface area contributed by atoms with Gasteiger partial charge in [-0.1, -0.05) is 12.1 Å². The molecule has 114 valence electrons. The van der Waals surface area contributed by atoms with Gasteiger partial charge in [0, 0.05) is 36.2 Å². The van der Waals surface area contributed by atoms with Gasteiger partial charge < -0.3 is 10.5 Å². The molecule has 3 rings (SSSR count). The van der Waals surface area contributed by atoms with Crippen molar-refractivity contribution in [1.82, 2.24) is 4.98 Å². The molecule has 1 saturated heterocycles. The van der Waals surface area contributed by atoms with E-state index in [1.54, 1.807) is 24.5 Å². The zero-order valence-corrected chi connectivity index (χ0v) is 12.9. The molecule has 1 aliphatic rings. The Morgan fingerprint density at radius 3 is 2.43 bits per heavy atom. The summed E-state index contributed by atoms with van der Waals surface area (Å²) >= 11 is 0. The van der Waals surface area contributed by atoms with Crippen molar-refractivity contribution in [3.63, 3.8) is 0 Å². The van der Waals surface area contributed by atoms with Gasteiger partial charge in [-0.15, -0.1) is 24.8 Å². The Kier molecular flexibility index (Phi) is 6.55. The third-order valence-corrected chi connectivity index (χ3v) is 3.40. The predicted molar refractivity (Wildman–Crippen MR) is 85.4 cm³/mol. The Hall–Kier alpha value is -1.20. The van der Waals surface area contributed by atoms with E-state index in [1.807, 2.05) is 6.07 Å². The van der Waals surface area contributed by atoms with Crippen molar-refractivity contribution in [2.75, 3.05) is 6.61 Å². The average Bonchev–Trinajstić information content (AvgIpc) is 2.86. The second kappa shape index (κ2) is 7.71. The fourth-order valence-electron chi connectivity index (χ4n) is 2.36. The lowest BCUT2D eigenvalue weighted by Gasteiger charge is -2.15. The molecule has 0 unspecified atom stereocenters. The largest absolute Gasteiger partial charge is 0.372 e. The number of nitrogens with zero attached hydrogens (tertiary/aromatic N) is 1. The standard InChI is InChI=1S/C15H15FN2O.2ClH/c16-13-3-1-10(2-4-13)11-7-12(9-18-8-11)15-14(17)5-6-19-15;;/h1-4,7-9,14-15H,5-6,17H2;2*1H/t14-,15+;;/m1../s1. The molecule has 21 heavy (non-hydrogen) atoms. The van der Waals surface area contributed by atoms with Crippen LogP contribution in [0.15, 0.2) is 42.7 Å². The van der Waals surface area contributed by atoms with Crippen LogP contribution in [0.3, 0.4) is 0 Å². The van der Waals surface area contributed by atoms with Crippen molar-refractivity contribution in [3.05, 3.63) is 54.1 Å². The van der Waals surface area contributed by atoms with Crippen molar-refractivity contribution < 1.29 is 9.13 Å². The van der Waals surface area contributed by atoms with Crippen LogP contribution in [0, 0.1) is 5.82 Å². The maximum atomic E-state index is 12.9. The molecule has 1 fully saturated rings. The summed E-state index contributed by atoms with van der Waals surface area (Å²) in [5, 5.41) is 0. The number of rotatable bonds is 2. The van der Waals surface area contributed by atoms with E-state index in [-0.39, 0.29) is 42.8 Å². The molecule has 2 heterocycles. The summed E-state index contributed by atoms with van der Waals surface area (Å²) in [4.78, 5) is 4.23. The van der Waals surface area contributed by atoms with Crippen LogP contribution in [0.4, 0.5) is 4.39 Å². The molecular formula is C15H17Cl2FN2O. The fourth-order valence-corrected chi connectivity index (χ4v) is 2.36. The van der Waals surface area contributed by atoms with Gasteiger partial charge in [-0.2, -0.15) is 0 Å². The molecule has 0 amide bonds. The summed E-state index contributed by atoms with van der Waals surface area (Å²) in [6.45, 7) is 0.687. The third-order valence-electron chi connectivity index (χ3n) is 3.40. The zero-order valence-electron chi connectivity index (χ0n) is 11.2. The van der Waals surface area contributed by atoms with Crippen molar-refractivity contribution in [2.24, 2.45) is 5.73 Å². The van der Waals surface area contributed by atoms with E-state index in [2.05, 4.69) is 4.98 Å². The maximum absolute atomic E-state index is 12.9. The van der Waals surface area contributed by atoms with E-state index in [1.165, 1.54) is 12.1 Å². The molecular weight excluding hydrogens is 314 g/mol. The van der Waals surface area contributed by atoms with Gasteiger partial charge in [0.2, 0.25) is 0 Å². The minimum atomic E-state index is -0.242. The van der Waals surface area contributed by atoms with Gasteiger partial charge in [0.25, 0.3) is 0 Å². The zero-order chi connectivity index (χ0) is 13.2. The molecule has 6 heteroatoms. The number of nitrogens with two attached hydrogens (primary N) is 1. The summed E-state index contributed by atoms with van der Waals surface area (Å²) in [6.07, 6.45) is 4.32. The molecule has 0 radical (unpaired) electrons. The molecule has 0 aliphatic carbocycles. The van der Waals surface area contributed by atoms with Crippen LogP contribution in [0.5, 0.6) is 0 Å². The Bertz CT molecular complexity index is 580. The monoisotopic (exact) mass is 330 g/mol. The van der Waals surface area contributed by atoms with E-state index in [4.69, 9.17) is 10.5 Å². The van der Waals surface area contributed by atoms with Crippen molar-refractivity contribution in [3.8, 4) is 11.1 Å². The van der Waals surface area contributed by atoms with Crippen molar-refractivity contribution >= 4 is 24.8 Å². The number of hydrogen-bond acceptors (Lipinski definition) is 3. The first kappa shape index (κ1) is 17.9. The number of benzene rings is 1. The second-order valence-electron chi connectivity index (χ2n) is 4.76. The predicted octanol–water partition coefficient (Wildman–Crippen LogP) is 3.52. The number of halogens is 3. The summed E-state index contributed by atoms with van der Waals surface area (Å²) in [7, 11) is 0. The highest BCUT2D eigenvalue weighted by atomic mass is 35.5. The van der Waals surface area contributed by atoms with Gasteiger partial charge in [-0.05, 0) is 30.2 Å². The van der Waals surface area contributed by atoms with E-state index in [0.29, 0.717) is 6.61 Å². The lowest BCUT2D eigenvalue weighted by atomic mass is 10.0. The highest BCUT2D eigenvalue weighted by Gasteiger charge is 2.26. The van der Waals surface area contributed by atoms with Crippen LogP contribution in [-0.4, -0.2) is 17.6 Å². The molecule has 1 aromatic heterocycles. The van der Waals surface area contributed by atoms with Crippen molar-refractivity contribution in [1.29, 1.82) is 0 Å². The Labute approximate surface area is 135 Å². The van der Waals surface area contributed by atoms with E-state index >= 15 is 0 Å². The summed E-state index contributed by atoms with van der Waals surface area (Å²) in [6, 6.07) is 8.40. The second-order valence-corrected chi connectivity index (χ2v) is 4.76. The first-order chi connectivity index (χ1) is 9.24. The van der Waals surface area contributed by atoms with Crippen LogP contribution in [0.1, 0.15) is 18.1 Å². The molecule has 2 N–H and O–H groups in total. The van der Waals surface area contributed by atoms with Gasteiger partial charge in [0.15, 0.2) is 0 Å². The molecule has 0 saturated carbocycles. The number of ether oxygens (including phenoxy) is 1. The first-order valence-corrected chi connectivity index (χ1v) is 6.32. The minimum Gasteiger partial charge on any atom is -0.372 e. The molecule has 0 bridgehead atoms. The molecule has 2 aromatic rings. The fraction of sp³-hybridized carbons (Fsp3) is 0.267. The normalized spacial score (nSPS) is 20.5. The summed E-state index contributed by atoms with van der Waals surface area (Å²) in [5.41, 5.74) is 8.87. The highest BCUT2D eigenvalue weighted by Crippen LogP contribution is 2.30. The number of hydrogen-bond donors (Lipinski definition) is 1. The van der Waals surface area contributed by atoms with Crippen molar-refractivity contribution in [2.45, 2.75) is 18.6 Å². The SMILES string of the molecule is Cl.Cl.N[C@@H]1CCO[C@H]1c1cncc(-c2ccc(F)cc2)c1. The molecule has 0 spiro atoms. The van der Waals surface area contributed by atoms with Crippen LogP contribution in [0.25, 0.3) is 11.1 Å². The molecule has 1 aromatic carbocycles. The quantitative estimate of drug-likeness (QED) is 0.916. The highest BCUT2D eigenvalue weighted by molar-refractivity contribution is 5.85. The van der Waals surface area contributed by atoms with Crippen LogP contribution in [-0.2, 0) is 4.74 Å². The number of aromatic nitrogens is 1. The van der Waals surface area contributed by atoms with Gasteiger partial charge in [-0.3, -0.25) is 4.98 Å². The van der Waals surface area contributed by atoms with E-state index < -0.39 is 0 Å². The van der Waals surface area contributed by atoms with E-state index in [9.17, 15) is 4.39 Å². The van der Waals surface area contributed by atoms with Gasteiger partial charge in [-0.25, -0.2) is 4.39 Å². The molecule has 1 aliphatic heterocycles. The maximum Gasteiger partial charge on any atom is 0.123 e. The lowest BCUT2D eigenvalue weighted by molar-refractivity contribution is 0.105.